The number of nitrogens with one attached hydrogen (secondary N) is 1. The molecule has 26 heavy (non-hydrogen) atoms. The summed E-state index contributed by atoms with van der Waals surface area (Å²) in [6.45, 7) is 2.02. The summed E-state index contributed by atoms with van der Waals surface area (Å²) in [5, 5.41) is 6.31. The number of thioether (sulfide) groups is 1. The van der Waals surface area contributed by atoms with Crippen LogP contribution < -0.4 is 5.32 Å². The largest absolute Gasteiger partial charge is 0.301 e. The molecule has 0 saturated heterocycles. The Morgan fingerprint density at radius 3 is 2.73 bits per heavy atom. The first kappa shape index (κ1) is 17.3. The number of carbonyl (C=O) groups excluding carboxylic acids is 1. The number of halogens is 1. The normalized spacial score (nSPS) is 11.2. The van der Waals surface area contributed by atoms with Gasteiger partial charge in [0.15, 0.2) is 5.13 Å². The summed E-state index contributed by atoms with van der Waals surface area (Å²) in [6.07, 6.45) is 0. The first-order valence-corrected chi connectivity index (χ1v) is 10.3. The van der Waals surface area contributed by atoms with Crippen molar-refractivity contribution < 1.29 is 4.79 Å². The van der Waals surface area contributed by atoms with Crippen LogP contribution in [0.1, 0.15) is 5.56 Å². The first-order valence-electron chi connectivity index (χ1n) is 8.08. The van der Waals surface area contributed by atoms with Gasteiger partial charge in [-0.15, -0.1) is 11.8 Å². The van der Waals surface area contributed by atoms with Crippen molar-refractivity contribution in [3.8, 4) is 0 Å². The van der Waals surface area contributed by atoms with Crippen molar-refractivity contribution >= 4 is 66.7 Å². The number of amides is 1. The van der Waals surface area contributed by atoms with E-state index in [2.05, 4.69) is 10.3 Å². The van der Waals surface area contributed by atoms with E-state index in [1.807, 2.05) is 61.5 Å². The summed E-state index contributed by atoms with van der Waals surface area (Å²) >= 11 is 9.32. The van der Waals surface area contributed by atoms with Gasteiger partial charge >= 0.3 is 0 Å². The minimum atomic E-state index is -0.0734. The highest BCUT2D eigenvalue weighted by atomic mass is 35.5. The van der Waals surface area contributed by atoms with E-state index in [0.717, 1.165) is 31.4 Å². The van der Waals surface area contributed by atoms with Crippen molar-refractivity contribution in [1.29, 1.82) is 0 Å². The molecule has 1 aromatic heterocycles. The fraction of sp³-hybridized carbons (Fsp3) is 0.100. The Kier molecular flexibility index (Phi) is 4.85. The van der Waals surface area contributed by atoms with E-state index in [9.17, 15) is 4.79 Å². The van der Waals surface area contributed by atoms with Crippen LogP contribution in [0.2, 0.25) is 5.02 Å². The van der Waals surface area contributed by atoms with Crippen LogP contribution >= 0.6 is 34.7 Å². The number of nitrogens with zero attached hydrogens (tertiary/aromatic N) is 1. The Hall–Kier alpha value is -2.08. The molecule has 0 atom stereocenters. The monoisotopic (exact) mass is 398 g/mol. The van der Waals surface area contributed by atoms with Gasteiger partial charge in [0.25, 0.3) is 0 Å². The van der Waals surface area contributed by atoms with Crippen molar-refractivity contribution in [2.45, 2.75) is 11.8 Å². The lowest BCUT2D eigenvalue weighted by Crippen LogP contribution is -2.13. The lowest BCUT2D eigenvalue weighted by Gasteiger charge is -2.07. The average Bonchev–Trinajstić information content (AvgIpc) is 3.04. The molecule has 1 N–H and O–H groups in total. The second-order valence-corrected chi connectivity index (χ2v) is 8.33. The molecule has 0 spiro atoms. The molecule has 6 heteroatoms. The number of thiazole rings is 1. The number of anilines is 1. The van der Waals surface area contributed by atoms with Gasteiger partial charge in [0.1, 0.15) is 0 Å². The van der Waals surface area contributed by atoms with E-state index >= 15 is 0 Å². The molecule has 0 bridgehead atoms. The molecule has 0 aliphatic rings. The molecule has 0 aliphatic carbocycles. The molecule has 0 saturated carbocycles. The van der Waals surface area contributed by atoms with Crippen LogP contribution in [0.3, 0.4) is 0 Å². The van der Waals surface area contributed by atoms with Gasteiger partial charge in [-0.05, 0) is 36.1 Å². The first-order chi connectivity index (χ1) is 12.6. The zero-order chi connectivity index (χ0) is 18.1. The van der Waals surface area contributed by atoms with Crippen molar-refractivity contribution in [3.05, 3.63) is 65.2 Å². The van der Waals surface area contributed by atoms with Crippen LogP contribution in [0.25, 0.3) is 21.0 Å². The van der Waals surface area contributed by atoms with Gasteiger partial charge in [0, 0.05) is 15.3 Å². The molecule has 0 fully saturated rings. The van der Waals surface area contributed by atoms with Gasteiger partial charge in [-0.2, -0.15) is 0 Å². The number of para-hydroxylation sites is 1. The molecule has 130 valence electrons. The Labute approximate surface area is 164 Å². The molecule has 0 aliphatic heterocycles. The highest BCUT2D eigenvalue weighted by Gasteiger charge is 2.11. The number of benzene rings is 3. The zero-order valence-corrected chi connectivity index (χ0v) is 16.3. The van der Waals surface area contributed by atoms with Gasteiger partial charge in [0.2, 0.25) is 5.91 Å². The Bertz CT molecular complexity index is 1120. The van der Waals surface area contributed by atoms with E-state index < -0.39 is 0 Å². The number of rotatable bonds is 4. The van der Waals surface area contributed by atoms with Crippen LogP contribution in [0.5, 0.6) is 0 Å². The number of hydrogen-bond acceptors (Lipinski definition) is 4. The van der Waals surface area contributed by atoms with Gasteiger partial charge in [-0.1, -0.05) is 59.3 Å². The van der Waals surface area contributed by atoms with E-state index in [0.29, 0.717) is 15.9 Å². The van der Waals surface area contributed by atoms with Gasteiger partial charge in [0.05, 0.1) is 16.0 Å². The van der Waals surface area contributed by atoms with Gasteiger partial charge in [-0.25, -0.2) is 4.98 Å². The summed E-state index contributed by atoms with van der Waals surface area (Å²) in [7, 11) is 0. The molecule has 0 radical (unpaired) electrons. The van der Waals surface area contributed by atoms with Crippen LogP contribution in [-0.2, 0) is 4.79 Å². The topological polar surface area (TPSA) is 42.0 Å². The van der Waals surface area contributed by atoms with E-state index in [1.54, 1.807) is 0 Å². The number of fused-ring (bicyclic) bond motifs is 2. The molecule has 3 aromatic carbocycles. The fourth-order valence-electron chi connectivity index (χ4n) is 2.82. The number of aromatic nitrogens is 1. The molecule has 1 amide bonds. The highest BCUT2D eigenvalue weighted by Crippen LogP contribution is 2.33. The lowest BCUT2D eigenvalue weighted by molar-refractivity contribution is -0.113. The Morgan fingerprint density at radius 2 is 1.92 bits per heavy atom. The second-order valence-electron chi connectivity index (χ2n) is 5.87. The van der Waals surface area contributed by atoms with Crippen LogP contribution in [-0.4, -0.2) is 16.6 Å². The summed E-state index contributed by atoms with van der Waals surface area (Å²) < 4.78 is 1.08. The minimum Gasteiger partial charge on any atom is -0.301 e. The van der Waals surface area contributed by atoms with Crippen molar-refractivity contribution in [3.63, 3.8) is 0 Å². The van der Waals surface area contributed by atoms with E-state index in [-0.39, 0.29) is 5.91 Å². The summed E-state index contributed by atoms with van der Waals surface area (Å²) in [5.74, 6) is 0.231. The fourth-order valence-corrected chi connectivity index (χ4v) is 5.03. The Balaban J connectivity index is 1.50. The number of hydrogen-bond donors (Lipinski definition) is 1. The highest BCUT2D eigenvalue weighted by molar-refractivity contribution is 8.00. The van der Waals surface area contributed by atoms with E-state index in [4.69, 9.17) is 11.6 Å². The molecule has 4 rings (SSSR count). The molecular formula is C20H15ClN2OS2. The zero-order valence-electron chi connectivity index (χ0n) is 14.0. The smallest absolute Gasteiger partial charge is 0.236 e. The molecule has 4 aromatic rings. The van der Waals surface area contributed by atoms with Gasteiger partial charge in [-0.3, -0.25) is 4.79 Å². The van der Waals surface area contributed by atoms with Crippen LogP contribution in [0, 0.1) is 6.92 Å². The molecule has 1 heterocycles. The third kappa shape index (κ3) is 3.43. The summed E-state index contributed by atoms with van der Waals surface area (Å²) in [6, 6.07) is 17.9. The molecule has 3 nitrogen and oxygen atoms in total. The van der Waals surface area contributed by atoms with Crippen LogP contribution in [0.15, 0.2) is 59.5 Å². The SMILES string of the molecule is Cc1cccc2sc(NC(=O)CSc3cccc4cccc(Cl)c34)nc12. The summed E-state index contributed by atoms with van der Waals surface area (Å²) in [5.41, 5.74) is 2.06. The van der Waals surface area contributed by atoms with Crippen molar-refractivity contribution in [1.82, 2.24) is 4.98 Å². The standard InChI is InChI=1S/C20H15ClN2OS2/c1-12-5-2-10-16-19(12)23-20(26-16)22-17(24)11-25-15-9-4-7-13-6-3-8-14(21)18(13)15/h2-10H,11H2,1H3,(H,22,23,24). The third-order valence-corrected chi connectivity index (χ3v) is 6.35. The minimum absolute atomic E-state index is 0.0734. The van der Waals surface area contributed by atoms with E-state index in [1.165, 1.54) is 23.1 Å². The van der Waals surface area contributed by atoms with Crippen molar-refractivity contribution in [2.24, 2.45) is 0 Å². The predicted molar refractivity (Wildman–Crippen MR) is 113 cm³/mol. The lowest BCUT2D eigenvalue weighted by atomic mass is 10.1. The second kappa shape index (κ2) is 7.27. The predicted octanol–water partition coefficient (Wildman–Crippen LogP) is 6.14. The quantitative estimate of drug-likeness (QED) is 0.419. The van der Waals surface area contributed by atoms with Gasteiger partial charge < -0.3 is 5.32 Å². The average molecular weight is 399 g/mol. The summed E-state index contributed by atoms with van der Waals surface area (Å²) in [4.78, 5) is 17.9. The Morgan fingerprint density at radius 1 is 1.15 bits per heavy atom. The van der Waals surface area contributed by atoms with Crippen molar-refractivity contribution in [2.75, 3.05) is 11.1 Å². The number of aryl methyl sites for hydroxylation is 1. The molecule has 0 unspecified atom stereocenters. The third-order valence-electron chi connectivity index (χ3n) is 4.04. The van der Waals surface area contributed by atoms with Crippen LogP contribution in [0.4, 0.5) is 5.13 Å². The molecular weight excluding hydrogens is 384 g/mol. The number of carbonyl (C=O) groups is 1. The maximum absolute atomic E-state index is 12.4. The maximum atomic E-state index is 12.4. The maximum Gasteiger partial charge on any atom is 0.236 e.